The second-order valence-corrected chi connectivity index (χ2v) is 6.32. The molecule has 0 aliphatic rings. The number of carbonyl (C=O) groups excluding carboxylic acids is 2. The van der Waals surface area contributed by atoms with Crippen LogP contribution in [0.3, 0.4) is 0 Å². The summed E-state index contributed by atoms with van der Waals surface area (Å²) in [7, 11) is 1.45. The molecule has 0 saturated carbocycles. The van der Waals surface area contributed by atoms with Crippen LogP contribution in [0.1, 0.15) is 23.0 Å². The van der Waals surface area contributed by atoms with Crippen molar-refractivity contribution in [1.29, 1.82) is 0 Å². The third-order valence-electron chi connectivity index (χ3n) is 3.84. The monoisotopic (exact) mass is 399 g/mol. The van der Waals surface area contributed by atoms with Gasteiger partial charge in [-0.05, 0) is 35.9 Å². The second-order valence-electron chi connectivity index (χ2n) is 5.91. The van der Waals surface area contributed by atoms with Gasteiger partial charge in [0.15, 0.2) is 0 Å². The zero-order valence-corrected chi connectivity index (χ0v) is 16.0. The molecule has 0 fully saturated rings. The van der Waals surface area contributed by atoms with Crippen LogP contribution in [0.5, 0.6) is 5.88 Å². The van der Waals surface area contributed by atoms with Gasteiger partial charge in [0, 0.05) is 23.3 Å². The number of anilines is 2. The summed E-state index contributed by atoms with van der Waals surface area (Å²) in [5.41, 5.74) is 2.06. The Hall–Kier alpha value is -3.39. The first-order chi connectivity index (χ1) is 13.5. The number of carbonyl (C=O) groups is 2. The molecule has 1 heterocycles. The number of aromatic nitrogens is 3. The summed E-state index contributed by atoms with van der Waals surface area (Å²) >= 11 is 6.18. The number of rotatable bonds is 6. The van der Waals surface area contributed by atoms with E-state index in [0.717, 1.165) is 5.56 Å². The van der Waals surface area contributed by atoms with Crippen molar-refractivity contribution in [3.63, 3.8) is 0 Å². The van der Waals surface area contributed by atoms with Crippen molar-refractivity contribution in [1.82, 2.24) is 15.0 Å². The molecular weight excluding hydrogens is 382 g/mol. The SMILES string of the molecule is COc1c(C(=O)Nc2ccc(NC(C)=O)cc2)nnn1Cc1ccccc1Cl. The quantitative estimate of drug-likeness (QED) is 0.663. The van der Waals surface area contributed by atoms with E-state index < -0.39 is 5.91 Å². The Bertz CT molecular complexity index is 1000. The summed E-state index contributed by atoms with van der Waals surface area (Å²) in [5, 5.41) is 13.9. The summed E-state index contributed by atoms with van der Waals surface area (Å²) in [5.74, 6) is -0.404. The van der Waals surface area contributed by atoms with E-state index in [2.05, 4.69) is 20.9 Å². The highest BCUT2D eigenvalue weighted by Crippen LogP contribution is 2.22. The molecule has 8 nitrogen and oxygen atoms in total. The summed E-state index contributed by atoms with van der Waals surface area (Å²) in [6.07, 6.45) is 0. The lowest BCUT2D eigenvalue weighted by Crippen LogP contribution is -2.14. The van der Waals surface area contributed by atoms with Crippen LogP contribution in [0.15, 0.2) is 48.5 Å². The molecule has 0 spiro atoms. The number of halogens is 1. The second kappa shape index (κ2) is 8.53. The Labute approximate surface area is 166 Å². The molecule has 0 radical (unpaired) electrons. The van der Waals surface area contributed by atoms with Crippen LogP contribution in [0.4, 0.5) is 11.4 Å². The molecule has 2 N–H and O–H groups in total. The maximum absolute atomic E-state index is 12.6. The minimum absolute atomic E-state index is 0.0560. The Kier molecular flexibility index (Phi) is 5.90. The summed E-state index contributed by atoms with van der Waals surface area (Å²) in [6.45, 7) is 1.74. The van der Waals surface area contributed by atoms with Crippen molar-refractivity contribution in [2.45, 2.75) is 13.5 Å². The number of nitrogens with one attached hydrogen (secondary N) is 2. The molecule has 0 aliphatic carbocycles. The topological polar surface area (TPSA) is 98.1 Å². The van der Waals surface area contributed by atoms with Crippen molar-refractivity contribution in [2.75, 3.05) is 17.7 Å². The molecule has 3 aromatic rings. The van der Waals surface area contributed by atoms with Crippen LogP contribution < -0.4 is 15.4 Å². The average molecular weight is 400 g/mol. The average Bonchev–Trinajstić information content (AvgIpc) is 3.07. The van der Waals surface area contributed by atoms with Gasteiger partial charge in [-0.3, -0.25) is 9.59 Å². The van der Waals surface area contributed by atoms with Crippen LogP contribution in [0.25, 0.3) is 0 Å². The molecule has 0 bridgehead atoms. The fourth-order valence-electron chi connectivity index (χ4n) is 2.57. The Balaban J connectivity index is 1.76. The van der Waals surface area contributed by atoms with Gasteiger partial charge in [0.05, 0.1) is 13.7 Å². The lowest BCUT2D eigenvalue weighted by Gasteiger charge is -2.09. The van der Waals surface area contributed by atoms with Gasteiger partial charge in [-0.25, -0.2) is 4.68 Å². The van der Waals surface area contributed by atoms with E-state index in [1.807, 2.05) is 18.2 Å². The van der Waals surface area contributed by atoms with Crippen LogP contribution in [-0.2, 0) is 11.3 Å². The van der Waals surface area contributed by atoms with Gasteiger partial charge in [-0.1, -0.05) is 35.0 Å². The molecule has 0 aliphatic heterocycles. The molecule has 0 unspecified atom stereocenters. The van der Waals surface area contributed by atoms with Gasteiger partial charge >= 0.3 is 0 Å². The van der Waals surface area contributed by atoms with E-state index >= 15 is 0 Å². The van der Waals surface area contributed by atoms with Gasteiger partial charge in [0.2, 0.25) is 17.5 Å². The number of nitrogens with zero attached hydrogens (tertiary/aromatic N) is 3. The first-order valence-electron chi connectivity index (χ1n) is 8.38. The highest BCUT2D eigenvalue weighted by Gasteiger charge is 2.21. The molecule has 144 valence electrons. The fraction of sp³-hybridized carbons (Fsp3) is 0.158. The number of amides is 2. The molecule has 2 aromatic carbocycles. The zero-order valence-electron chi connectivity index (χ0n) is 15.3. The zero-order chi connectivity index (χ0) is 20.1. The van der Waals surface area contributed by atoms with Crippen molar-refractivity contribution in [3.05, 3.63) is 64.8 Å². The predicted octanol–water partition coefficient (Wildman–Crippen LogP) is 3.20. The Morgan fingerprint density at radius 2 is 1.71 bits per heavy atom. The molecule has 0 saturated heterocycles. The van der Waals surface area contributed by atoms with E-state index in [-0.39, 0.29) is 17.5 Å². The van der Waals surface area contributed by atoms with E-state index in [0.29, 0.717) is 22.9 Å². The van der Waals surface area contributed by atoms with E-state index in [9.17, 15) is 9.59 Å². The normalized spacial score (nSPS) is 10.4. The van der Waals surface area contributed by atoms with Gasteiger partial charge in [0.1, 0.15) is 0 Å². The standard InChI is InChI=1S/C19H18ClN5O3/c1-12(26)21-14-7-9-15(10-8-14)22-18(27)17-19(28-2)25(24-23-17)11-13-5-3-4-6-16(13)20/h3-10H,11H2,1-2H3,(H,21,26)(H,22,27). The first kappa shape index (κ1) is 19.4. The Morgan fingerprint density at radius 1 is 1.07 bits per heavy atom. The molecule has 1 aromatic heterocycles. The largest absolute Gasteiger partial charge is 0.479 e. The summed E-state index contributed by atoms with van der Waals surface area (Å²) < 4.78 is 6.81. The number of hydrogen-bond donors (Lipinski definition) is 2. The molecule has 28 heavy (non-hydrogen) atoms. The molecule has 0 atom stereocenters. The van der Waals surface area contributed by atoms with E-state index in [4.69, 9.17) is 16.3 Å². The third kappa shape index (κ3) is 4.47. The van der Waals surface area contributed by atoms with Gasteiger partial charge in [-0.2, -0.15) is 0 Å². The van der Waals surface area contributed by atoms with Crippen molar-refractivity contribution < 1.29 is 14.3 Å². The van der Waals surface area contributed by atoms with Crippen LogP contribution in [-0.4, -0.2) is 33.9 Å². The van der Waals surface area contributed by atoms with Gasteiger partial charge in [0.25, 0.3) is 5.91 Å². The van der Waals surface area contributed by atoms with Crippen molar-refractivity contribution in [3.8, 4) is 5.88 Å². The smallest absolute Gasteiger partial charge is 0.281 e. The summed E-state index contributed by atoms with van der Waals surface area (Å²) in [6, 6.07) is 14.0. The molecular formula is C19H18ClN5O3. The predicted molar refractivity (Wildman–Crippen MR) is 106 cm³/mol. The number of ether oxygens (including phenoxy) is 1. The molecule has 9 heteroatoms. The molecule has 3 rings (SSSR count). The first-order valence-corrected chi connectivity index (χ1v) is 8.75. The highest BCUT2D eigenvalue weighted by molar-refractivity contribution is 6.31. The summed E-state index contributed by atoms with van der Waals surface area (Å²) in [4.78, 5) is 23.7. The van der Waals surface area contributed by atoms with E-state index in [1.54, 1.807) is 30.3 Å². The van der Waals surface area contributed by atoms with Gasteiger partial charge < -0.3 is 15.4 Å². The van der Waals surface area contributed by atoms with Crippen LogP contribution in [0.2, 0.25) is 5.02 Å². The third-order valence-corrected chi connectivity index (χ3v) is 4.21. The maximum atomic E-state index is 12.6. The van der Waals surface area contributed by atoms with Crippen molar-refractivity contribution in [2.24, 2.45) is 0 Å². The van der Waals surface area contributed by atoms with Crippen molar-refractivity contribution >= 4 is 34.8 Å². The lowest BCUT2D eigenvalue weighted by atomic mass is 10.2. The minimum atomic E-state index is -0.463. The maximum Gasteiger partial charge on any atom is 0.281 e. The van der Waals surface area contributed by atoms with Crippen LogP contribution >= 0.6 is 11.6 Å². The number of methoxy groups -OCH3 is 1. The minimum Gasteiger partial charge on any atom is -0.479 e. The fourth-order valence-corrected chi connectivity index (χ4v) is 2.77. The molecule has 2 amide bonds. The number of benzene rings is 2. The number of hydrogen-bond acceptors (Lipinski definition) is 5. The Morgan fingerprint density at radius 3 is 2.32 bits per heavy atom. The van der Waals surface area contributed by atoms with E-state index in [1.165, 1.54) is 18.7 Å². The lowest BCUT2D eigenvalue weighted by molar-refractivity contribution is -0.114. The highest BCUT2D eigenvalue weighted by atomic mass is 35.5. The van der Waals surface area contributed by atoms with Gasteiger partial charge in [-0.15, -0.1) is 5.10 Å². The van der Waals surface area contributed by atoms with Crippen LogP contribution in [0, 0.1) is 0 Å².